The van der Waals surface area contributed by atoms with E-state index in [0.717, 1.165) is 6.42 Å². The van der Waals surface area contributed by atoms with Crippen LogP contribution in [0.15, 0.2) is 29.2 Å². The van der Waals surface area contributed by atoms with E-state index in [9.17, 15) is 13.2 Å². The Kier molecular flexibility index (Phi) is 5.44. The fourth-order valence-electron chi connectivity index (χ4n) is 3.00. The number of nitrogens with one attached hydrogen (secondary N) is 1. The van der Waals surface area contributed by atoms with Crippen LogP contribution in [0.1, 0.15) is 30.6 Å². The Bertz CT molecular complexity index is 646. The second kappa shape index (κ2) is 6.98. The lowest BCUT2D eigenvalue weighted by atomic mass is 9.94. The van der Waals surface area contributed by atoms with Gasteiger partial charge in [0.05, 0.1) is 4.90 Å². The summed E-state index contributed by atoms with van der Waals surface area (Å²) >= 11 is 0. The van der Waals surface area contributed by atoms with Gasteiger partial charge in [0.25, 0.3) is 5.91 Å². The molecule has 1 aliphatic rings. The molecule has 1 aliphatic heterocycles. The normalized spacial score (nSPS) is 23.0. The van der Waals surface area contributed by atoms with Gasteiger partial charge in [0.2, 0.25) is 10.0 Å². The third kappa shape index (κ3) is 4.31. The summed E-state index contributed by atoms with van der Waals surface area (Å²) in [5.41, 5.74) is 3.06. The largest absolute Gasteiger partial charge is 0.285 e. The standard InChI is InChI=1S/C16H25N3O3S/c1-12-9-13(2)11-19(10-12)23(21,22)15-7-5-14(6-8-15)16(20)17-18(3)4/h5-8,12-13H,9-11H2,1-4H3,(H,17,20)/t12-,13-/m1/s1. The van der Waals surface area contributed by atoms with Crippen molar-refractivity contribution in [2.45, 2.75) is 25.2 Å². The van der Waals surface area contributed by atoms with Crippen molar-refractivity contribution in [2.75, 3.05) is 27.2 Å². The van der Waals surface area contributed by atoms with E-state index in [-0.39, 0.29) is 10.8 Å². The van der Waals surface area contributed by atoms with Gasteiger partial charge in [0, 0.05) is 32.7 Å². The van der Waals surface area contributed by atoms with Gasteiger partial charge in [0.15, 0.2) is 0 Å². The second-order valence-electron chi connectivity index (χ2n) is 6.63. The highest BCUT2D eigenvalue weighted by Crippen LogP contribution is 2.26. The summed E-state index contributed by atoms with van der Waals surface area (Å²) in [4.78, 5) is 12.1. The van der Waals surface area contributed by atoms with E-state index < -0.39 is 10.0 Å². The lowest BCUT2D eigenvalue weighted by Gasteiger charge is -2.34. The third-order valence-corrected chi connectivity index (χ3v) is 5.76. The van der Waals surface area contributed by atoms with Crippen LogP contribution in [0, 0.1) is 11.8 Å². The Morgan fingerprint density at radius 1 is 1.13 bits per heavy atom. The topological polar surface area (TPSA) is 69.7 Å². The molecule has 23 heavy (non-hydrogen) atoms. The molecule has 1 saturated heterocycles. The molecule has 128 valence electrons. The van der Waals surface area contributed by atoms with Gasteiger partial charge in [-0.05, 0) is 42.5 Å². The van der Waals surface area contributed by atoms with Crippen LogP contribution < -0.4 is 5.43 Å². The smallest absolute Gasteiger partial charge is 0.265 e. The van der Waals surface area contributed by atoms with Crippen molar-refractivity contribution in [2.24, 2.45) is 11.8 Å². The number of hydrogen-bond acceptors (Lipinski definition) is 4. The van der Waals surface area contributed by atoms with Gasteiger partial charge in [-0.1, -0.05) is 13.8 Å². The van der Waals surface area contributed by atoms with Gasteiger partial charge in [-0.25, -0.2) is 13.4 Å². The second-order valence-corrected chi connectivity index (χ2v) is 8.57. The first-order valence-electron chi connectivity index (χ1n) is 7.78. The van der Waals surface area contributed by atoms with Gasteiger partial charge in [-0.3, -0.25) is 10.2 Å². The van der Waals surface area contributed by atoms with Gasteiger partial charge >= 0.3 is 0 Å². The van der Waals surface area contributed by atoms with Crippen LogP contribution in [-0.2, 0) is 10.0 Å². The average molecular weight is 339 g/mol. The first-order chi connectivity index (χ1) is 10.7. The molecule has 0 unspecified atom stereocenters. The number of benzene rings is 1. The zero-order valence-corrected chi connectivity index (χ0v) is 14.9. The molecule has 0 spiro atoms. The van der Waals surface area contributed by atoms with E-state index in [2.05, 4.69) is 19.3 Å². The highest BCUT2D eigenvalue weighted by molar-refractivity contribution is 7.89. The molecule has 1 N–H and O–H groups in total. The first-order valence-corrected chi connectivity index (χ1v) is 9.22. The van der Waals surface area contributed by atoms with Gasteiger partial charge in [0.1, 0.15) is 0 Å². The maximum Gasteiger partial charge on any atom is 0.265 e. The molecule has 1 amide bonds. The lowest BCUT2D eigenvalue weighted by molar-refractivity contribution is 0.0857. The van der Waals surface area contributed by atoms with E-state index in [1.54, 1.807) is 35.5 Å². The molecule has 0 aromatic heterocycles. The minimum absolute atomic E-state index is 0.236. The monoisotopic (exact) mass is 339 g/mol. The number of rotatable bonds is 4. The predicted molar refractivity (Wildman–Crippen MR) is 89.3 cm³/mol. The Balaban J connectivity index is 2.19. The number of nitrogens with zero attached hydrogens (tertiary/aromatic N) is 2. The minimum atomic E-state index is -3.50. The first kappa shape index (κ1) is 17.9. The van der Waals surface area contributed by atoms with Crippen LogP contribution in [0.5, 0.6) is 0 Å². The number of hydrazine groups is 1. The van der Waals surface area contributed by atoms with Crippen molar-refractivity contribution in [3.63, 3.8) is 0 Å². The van der Waals surface area contributed by atoms with Crippen LogP contribution in [0.4, 0.5) is 0 Å². The Labute approximate surface area is 138 Å². The predicted octanol–water partition coefficient (Wildman–Crippen LogP) is 1.56. The average Bonchev–Trinajstić information content (AvgIpc) is 2.45. The summed E-state index contributed by atoms with van der Waals surface area (Å²) in [5.74, 6) is 0.455. The van der Waals surface area contributed by atoms with Crippen LogP contribution in [0.3, 0.4) is 0 Å². The zero-order valence-electron chi connectivity index (χ0n) is 14.1. The van der Waals surface area contributed by atoms with Crippen molar-refractivity contribution >= 4 is 15.9 Å². The minimum Gasteiger partial charge on any atom is -0.285 e. The maximum atomic E-state index is 12.8. The zero-order chi connectivity index (χ0) is 17.2. The van der Waals surface area contributed by atoms with E-state index in [0.29, 0.717) is 30.5 Å². The molecule has 1 aromatic carbocycles. The van der Waals surface area contributed by atoms with Gasteiger partial charge in [-0.15, -0.1) is 0 Å². The van der Waals surface area contributed by atoms with Crippen molar-refractivity contribution in [3.8, 4) is 0 Å². The van der Waals surface area contributed by atoms with Crippen LogP contribution in [-0.4, -0.2) is 50.8 Å². The Morgan fingerprint density at radius 3 is 2.13 bits per heavy atom. The quantitative estimate of drug-likeness (QED) is 0.845. The SMILES string of the molecule is C[C@@H]1C[C@@H](C)CN(S(=O)(=O)c2ccc(C(=O)NN(C)C)cc2)C1. The molecule has 0 aliphatic carbocycles. The number of piperidine rings is 1. The molecule has 1 aromatic rings. The fourth-order valence-corrected chi connectivity index (χ4v) is 4.68. The van der Waals surface area contributed by atoms with Gasteiger partial charge in [-0.2, -0.15) is 4.31 Å². The van der Waals surface area contributed by atoms with Crippen LogP contribution >= 0.6 is 0 Å². The van der Waals surface area contributed by atoms with Crippen molar-refractivity contribution in [3.05, 3.63) is 29.8 Å². The Hall–Kier alpha value is -1.44. The van der Waals surface area contributed by atoms with Crippen molar-refractivity contribution in [1.82, 2.24) is 14.7 Å². The van der Waals surface area contributed by atoms with E-state index in [1.165, 1.54) is 12.1 Å². The number of amides is 1. The van der Waals surface area contributed by atoms with Gasteiger partial charge < -0.3 is 0 Å². The summed E-state index contributed by atoms with van der Waals surface area (Å²) in [6.07, 6.45) is 1.05. The van der Waals surface area contributed by atoms with Crippen molar-refractivity contribution < 1.29 is 13.2 Å². The highest BCUT2D eigenvalue weighted by atomic mass is 32.2. The molecule has 6 nitrogen and oxygen atoms in total. The summed E-state index contributed by atoms with van der Waals surface area (Å²) in [5, 5.41) is 1.55. The maximum absolute atomic E-state index is 12.8. The lowest BCUT2D eigenvalue weighted by Crippen LogP contribution is -2.42. The summed E-state index contributed by atoms with van der Waals surface area (Å²) in [6.45, 7) is 5.25. The summed E-state index contributed by atoms with van der Waals surface area (Å²) in [6, 6.07) is 6.10. The molecular weight excluding hydrogens is 314 g/mol. The highest BCUT2D eigenvalue weighted by Gasteiger charge is 2.31. The molecule has 0 saturated carbocycles. The van der Waals surface area contributed by atoms with E-state index in [1.807, 2.05) is 0 Å². The van der Waals surface area contributed by atoms with E-state index >= 15 is 0 Å². The molecule has 7 heteroatoms. The molecule has 1 fully saturated rings. The van der Waals surface area contributed by atoms with Crippen LogP contribution in [0.2, 0.25) is 0 Å². The Morgan fingerprint density at radius 2 is 1.65 bits per heavy atom. The summed E-state index contributed by atoms with van der Waals surface area (Å²) < 4.78 is 27.1. The number of hydrogen-bond donors (Lipinski definition) is 1. The molecular formula is C16H25N3O3S. The summed E-state index contributed by atoms with van der Waals surface area (Å²) in [7, 11) is -0.0668. The third-order valence-electron chi connectivity index (χ3n) is 3.91. The molecule has 2 rings (SSSR count). The number of carbonyl (C=O) groups excluding carboxylic acids is 1. The fraction of sp³-hybridized carbons (Fsp3) is 0.562. The number of sulfonamides is 1. The van der Waals surface area contributed by atoms with E-state index in [4.69, 9.17) is 0 Å². The van der Waals surface area contributed by atoms with Crippen molar-refractivity contribution in [1.29, 1.82) is 0 Å². The molecule has 2 atom stereocenters. The molecule has 1 heterocycles. The van der Waals surface area contributed by atoms with Crippen LogP contribution in [0.25, 0.3) is 0 Å². The molecule has 0 radical (unpaired) electrons. The molecule has 0 bridgehead atoms. The number of carbonyl (C=O) groups is 1.